The lowest BCUT2D eigenvalue weighted by atomic mass is 10.2. The van der Waals surface area contributed by atoms with Gasteiger partial charge < -0.3 is 9.15 Å². The van der Waals surface area contributed by atoms with E-state index in [2.05, 4.69) is 15.9 Å². The fraction of sp³-hybridized carbons (Fsp3) is 0.154. The molecular weight excluding hydrogens is 348 g/mol. The average molecular weight is 360 g/mol. The second kappa shape index (κ2) is 6.30. The zero-order valence-electron chi connectivity index (χ0n) is 10.6. The molecule has 20 heavy (non-hydrogen) atoms. The molecule has 0 aliphatic carbocycles. The number of ether oxygens (including phenoxy) is 1. The summed E-state index contributed by atoms with van der Waals surface area (Å²) in [7, 11) is 0. The highest BCUT2D eigenvalue weighted by Gasteiger charge is 2.15. The Labute approximate surface area is 129 Å². The Morgan fingerprint density at radius 3 is 2.90 bits per heavy atom. The molecule has 5 nitrogen and oxygen atoms in total. The van der Waals surface area contributed by atoms with Crippen molar-refractivity contribution in [3.8, 4) is 5.75 Å². The van der Waals surface area contributed by atoms with Crippen LogP contribution in [0.3, 0.4) is 0 Å². The lowest BCUT2D eigenvalue weighted by Crippen LogP contribution is -2.30. The molecule has 2 rings (SSSR count). The van der Waals surface area contributed by atoms with Crippen molar-refractivity contribution >= 4 is 33.4 Å². The largest absolute Gasteiger partial charge is 0.484 e. The van der Waals surface area contributed by atoms with Crippen molar-refractivity contribution in [1.29, 1.82) is 0 Å². The molecule has 0 fully saturated rings. The molecule has 1 aromatic carbocycles. The van der Waals surface area contributed by atoms with Crippen LogP contribution >= 0.6 is 27.5 Å². The quantitative estimate of drug-likeness (QED) is 0.499. The van der Waals surface area contributed by atoms with E-state index in [4.69, 9.17) is 26.6 Å². The van der Waals surface area contributed by atoms with E-state index < -0.39 is 5.91 Å². The van der Waals surface area contributed by atoms with Crippen LogP contribution in [0.25, 0.3) is 0 Å². The number of nitrogens with two attached hydrogens (primary N) is 1. The fourth-order valence-corrected chi connectivity index (χ4v) is 2.45. The molecule has 0 aliphatic heterocycles. The predicted molar refractivity (Wildman–Crippen MR) is 78.6 cm³/mol. The van der Waals surface area contributed by atoms with Crippen LogP contribution in [-0.2, 0) is 6.61 Å². The third-order valence-electron chi connectivity index (χ3n) is 2.57. The van der Waals surface area contributed by atoms with Crippen LogP contribution in [0.5, 0.6) is 5.75 Å². The summed E-state index contributed by atoms with van der Waals surface area (Å²) in [6.45, 7) is 1.95. The minimum Gasteiger partial charge on any atom is -0.484 e. The lowest BCUT2D eigenvalue weighted by molar-refractivity contribution is 0.0921. The summed E-state index contributed by atoms with van der Waals surface area (Å²) in [6, 6.07) is 6.93. The number of hydrogen-bond acceptors (Lipinski definition) is 4. The van der Waals surface area contributed by atoms with Crippen LogP contribution in [-0.4, -0.2) is 5.91 Å². The predicted octanol–water partition coefficient (Wildman–Crippen LogP) is 3.19. The molecule has 0 spiro atoms. The van der Waals surface area contributed by atoms with E-state index in [0.717, 1.165) is 4.47 Å². The number of hydrogen-bond donors (Lipinski definition) is 2. The molecule has 2 aromatic rings. The summed E-state index contributed by atoms with van der Waals surface area (Å²) in [5.74, 6) is 5.95. The molecule has 1 aromatic heterocycles. The minimum atomic E-state index is -0.471. The number of amides is 1. The van der Waals surface area contributed by atoms with Gasteiger partial charge in [-0.15, -0.1) is 0 Å². The van der Waals surface area contributed by atoms with Gasteiger partial charge in [0.1, 0.15) is 18.1 Å². The number of halogens is 2. The van der Waals surface area contributed by atoms with Gasteiger partial charge in [-0.25, -0.2) is 5.84 Å². The Bertz CT molecular complexity index is 643. The molecule has 0 atom stereocenters. The first-order valence-corrected chi connectivity index (χ1v) is 6.86. The topological polar surface area (TPSA) is 77.5 Å². The number of carbonyl (C=O) groups is 1. The summed E-state index contributed by atoms with van der Waals surface area (Å²) in [5, 5.41) is 0.611. The van der Waals surface area contributed by atoms with Gasteiger partial charge in [-0.05, 0) is 47.1 Å². The molecule has 3 N–H and O–H groups in total. The van der Waals surface area contributed by atoms with Crippen molar-refractivity contribution < 1.29 is 13.9 Å². The van der Waals surface area contributed by atoms with Crippen molar-refractivity contribution in [2.45, 2.75) is 13.5 Å². The number of aryl methyl sites for hydroxylation is 1. The second-order valence-corrected chi connectivity index (χ2v) is 5.35. The number of benzene rings is 1. The van der Waals surface area contributed by atoms with Crippen molar-refractivity contribution in [3.05, 3.63) is 50.8 Å². The maximum absolute atomic E-state index is 11.4. The van der Waals surface area contributed by atoms with Crippen molar-refractivity contribution in [3.63, 3.8) is 0 Å². The molecule has 0 saturated carbocycles. The lowest BCUT2D eigenvalue weighted by Gasteiger charge is -2.06. The first-order chi connectivity index (χ1) is 9.51. The van der Waals surface area contributed by atoms with E-state index in [0.29, 0.717) is 22.1 Å². The maximum Gasteiger partial charge on any atom is 0.301 e. The van der Waals surface area contributed by atoms with Gasteiger partial charge in [0.15, 0.2) is 5.76 Å². The van der Waals surface area contributed by atoms with E-state index in [1.807, 2.05) is 5.43 Å². The Morgan fingerprint density at radius 1 is 1.50 bits per heavy atom. The standard InChI is InChI=1S/C13H12BrClN2O3/c1-7-4-9(20-12(7)13(18)17-16)6-19-11-3-2-8(15)5-10(11)14/h2-5H,6,16H2,1H3,(H,17,18). The van der Waals surface area contributed by atoms with Crippen molar-refractivity contribution in [2.24, 2.45) is 5.84 Å². The molecule has 0 bridgehead atoms. The van der Waals surface area contributed by atoms with E-state index in [-0.39, 0.29) is 12.4 Å². The van der Waals surface area contributed by atoms with Crippen LogP contribution in [0.15, 0.2) is 33.2 Å². The molecule has 0 unspecified atom stereocenters. The van der Waals surface area contributed by atoms with E-state index >= 15 is 0 Å². The Kier molecular flexibility index (Phi) is 4.69. The number of nitrogen functional groups attached to an aromatic ring is 1. The number of nitrogens with one attached hydrogen (secondary N) is 1. The Balaban J connectivity index is 2.09. The highest BCUT2D eigenvalue weighted by Crippen LogP contribution is 2.29. The van der Waals surface area contributed by atoms with Gasteiger partial charge in [-0.2, -0.15) is 0 Å². The molecule has 0 saturated heterocycles. The summed E-state index contributed by atoms with van der Waals surface area (Å²) < 4.78 is 11.7. The molecule has 1 amide bonds. The Morgan fingerprint density at radius 2 is 2.25 bits per heavy atom. The summed E-state index contributed by atoms with van der Waals surface area (Å²) in [5.41, 5.74) is 2.72. The molecule has 0 aliphatic rings. The van der Waals surface area contributed by atoms with Gasteiger partial charge in [0.05, 0.1) is 4.47 Å². The van der Waals surface area contributed by atoms with Crippen LogP contribution in [0, 0.1) is 6.92 Å². The zero-order chi connectivity index (χ0) is 14.7. The van der Waals surface area contributed by atoms with Crippen molar-refractivity contribution in [1.82, 2.24) is 5.43 Å². The molecule has 1 heterocycles. The number of hydrazine groups is 1. The normalized spacial score (nSPS) is 10.4. The SMILES string of the molecule is Cc1cc(COc2ccc(Cl)cc2Br)oc1C(=O)NN. The summed E-state index contributed by atoms with van der Waals surface area (Å²) in [6.07, 6.45) is 0. The number of furan rings is 1. The highest BCUT2D eigenvalue weighted by molar-refractivity contribution is 9.10. The zero-order valence-corrected chi connectivity index (χ0v) is 12.9. The van der Waals surface area contributed by atoms with Gasteiger partial charge >= 0.3 is 5.91 Å². The molecule has 7 heteroatoms. The van der Waals surface area contributed by atoms with Crippen LogP contribution < -0.4 is 16.0 Å². The van der Waals surface area contributed by atoms with Crippen LogP contribution in [0.1, 0.15) is 21.9 Å². The van der Waals surface area contributed by atoms with E-state index in [1.54, 1.807) is 31.2 Å². The smallest absolute Gasteiger partial charge is 0.301 e. The van der Waals surface area contributed by atoms with Gasteiger partial charge in [0.25, 0.3) is 0 Å². The number of rotatable bonds is 4. The molecular formula is C13H12BrClN2O3. The molecule has 0 radical (unpaired) electrons. The first-order valence-electron chi connectivity index (χ1n) is 5.69. The van der Waals surface area contributed by atoms with Gasteiger partial charge in [-0.3, -0.25) is 10.2 Å². The van der Waals surface area contributed by atoms with E-state index in [1.165, 1.54) is 0 Å². The minimum absolute atomic E-state index is 0.182. The Hall–Kier alpha value is -1.50. The van der Waals surface area contributed by atoms with Gasteiger partial charge in [0.2, 0.25) is 0 Å². The monoisotopic (exact) mass is 358 g/mol. The third-order valence-corrected chi connectivity index (χ3v) is 3.42. The first kappa shape index (κ1) is 14.9. The van der Waals surface area contributed by atoms with Crippen molar-refractivity contribution in [2.75, 3.05) is 0 Å². The van der Waals surface area contributed by atoms with Gasteiger partial charge in [-0.1, -0.05) is 11.6 Å². The third kappa shape index (κ3) is 3.33. The number of carbonyl (C=O) groups excluding carboxylic acids is 1. The highest BCUT2D eigenvalue weighted by atomic mass is 79.9. The second-order valence-electron chi connectivity index (χ2n) is 4.06. The maximum atomic E-state index is 11.4. The van der Waals surface area contributed by atoms with Gasteiger partial charge in [0, 0.05) is 10.6 Å². The summed E-state index contributed by atoms with van der Waals surface area (Å²) >= 11 is 9.20. The average Bonchev–Trinajstić information content (AvgIpc) is 2.78. The van der Waals surface area contributed by atoms with Crippen LogP contribution in [0.4, 0.5) is 0 Å². The van der Waals surface area contributed by atoms with Crippen LogP contribution in [0.2, 0.25) is 5.02 Å². The molecule has 106 valence electrons. The summed E-state index contributed by atoms with van der Waals surface area (Å²) in [4.78, 5) is 11.4. The fourth-order valence-electron chi connectivity index (χ4n) is 1.65. The van der Waals surface area contributed by atoms with E-state index in [9.17, 15) is 4.79 Å².